The number of aliphatic hydroxyl groups is 1. The van der Waals surface area contributed by atoms with Crippen LogP contribution in [-0.2, 0) is 9.84 Å². The lowest BCUT2D eigenvalue weighted by Crippen LogP contribution is -2.39. The lowest BCUT2D eigenvalue weighted by atomic mass is 10.0. The number of nitrogens with one attached hydrogen (secondary N) is 2. The van der Waals surface area contributed by atoms with Crippen molar-refractivity contribution in [3.8, 4) is 0 Å². The molecule has 0 bridgehead atoms. The van der Waals surface area contributed by atoms with Crippen LogP contribution in [0.1, 0.15) is 25.5 Å². The third-order valence-electron chi connectivity index (χ3n) is 4.64. The Morgan fingerprint density at radius 2 is 1.90 bits per heavy atom. The number of nitrogens with zero attached hydrogens (tertiary/aromatic N) is 1. The van der Waals surface area contributed by atoms with E-state index in [0.717, 1.165) is 16.9 Å². The van der Waals surface area contributed by atoms with Crippen molar-refractivity contribution in [2.75, 3.05) is 18.8 Å². The average molecular weight is 446 g/mol. The van der Waals surface area contributed by atoms with Gasteiger partial charge in [-0.25, -0.2) is 8.42 Å². The molecule has 8 heteroatoms. The fourth-order valence-electron chi connectivity index (χ4n) is 3.11. The summed E-state index contributed by atoms with van der Waals surface area (Å²) in [4.78, 5) is 4.39. The van der Waals surface area contributed by atoms with Gasteiger partial charge in [-0.3, -0.25) is 4.99 Å². The minimum atomic E-state index is -3.50. The molecule has 2 aromatic carbocycles. The average Bonchev–Trinajstić information content (AvgIpc) is 3.27. The van der Waals surface area contributed by atoms with Crippen molar-refractivity contribution >= 4 is 37.9 Å². The Labute approximate surface area is 181 Å². The molecule has 30 heavy (non-hydrogen) atoms. The Balaban J connectivity index is 1.65. The molecule has 160 valence electrons. The molecule has 6 nitrogen and oxygen atoms in total. The van der Waals surface area contributed by atoms with Gasteiger partial charge in [-0.1, -0.05) is 42.5 Å². The fourth-order valence-corrected chi connectivity index (χ4v) is 5.58. The Morgan fingerprint density at radius 3 is 2.60 bits per heavy atom. The lowest BCUT2D eigenvalue weighted by molar-refractivity contribution is 0.206. The quantitative estimate of drug-likeness (QED) is 0.365. The van der Waals surface area contributed by atoms with Gasteiger partial charge in [-0.05, 0) is 47.7 Å². The molecule has 0 saturated heterocycles. The smallest absolute Gasteiger partial charge is 0.191 e. The largest absolute Gasteiger partial charge is 0.390 e. The first-order chi connectivity index (χ1) is 14.4. The summed E-state index contributed by atoms with van der Waals surface area (Å²) < 4.78 is 24.9. The molecule has 0 aliphatic carbocycles. The predicted octanol–water partition coefficient (Wildman–Crippen LogP) is 3.35. The molecule has 1 aromatic heterocycles. The van der Waals surface area contributed by atoms with Gasteiger partial charge in [0.2, 0.25) is 0 Å². The van der Waals surface area contributed by atoms with Gasteiger partial charge >= 0.3 is 0 Å². The maximum absolute atomic E-state index is 12.3. The summed E-state index contributed by atoms with van der Waals surface area (Å²) in [5.74, 6) is 0.183. The van der Waals surface area contributed by atoms with Gasteiger partial charge in [0.1, 0.15) is 4.21 Å². The van der Waals surface area contributed by atoms with Crippen LogP contribution in [0.4, 0.5) is 0 Å². The van der Waals surface area contributed by atoms with E-state index >= 15 is 0 Å². The van der Waals surface area contributed by atoms with E-state index in [1.807, 2.05) is 26.0 Å². The highest BCUT2D eigenvalue weighted by molar-refractivity contribution is 7.93. The third kappa shape index (κ3) is 5.81. The maximum Gasteiger partial charge on any atom is 0.191 e. The molecule has 3 aromatic rings. The normalized spacial score (nSPS) is 14.4. The maximum atomic E-state index is 12.3. The monoisotopic (exact) mass is 445 g/mol. The SMILES string of the molecule is CCNC(=NCC(O)CS(=O)(=O)c1cccs1)NC(C)c1ccc2ccccc2c1. The zero-order valence-electron chi connectivity index (χ0n) is 17.1. The second-order valence-corrected chi connectivity index (χ2v) is 10.3. The van der Waals surface area contributed by atoms with E-state index in [0.29, 0.717) is 12.5 Å². The molecular formula is C22H27N3O3S2. The van der Waals surface area contributed by atoms with Gasteiger partial charge in [0, 0.05) is 6.54 Å². The van der Waals surface area contributed by atoms with Crippen LogP contribution in [0.2, 0.25) is 0 Å². The van der Waals surface area contributed by atoms with Crippen molar-refractivity contribution in [3.05, 3.63) is 65.5 Å². The summed E-state index contributed by atoms with van der Waals surface area (Å²) in [6.07, 6.45) is -1.08. The van der Waals surface area contributed by atoms with Crippen LogP contribution in [0.15, 0.2) is 69.2 Å². The van der Waals surface area contributed by atoms with Crippen LogP contribution in [0.5, 0.6) is 0 Å². The number of hydrogen-bond acceptors (Lipinski definition) is 5. The van der Waals surface area contributed by atoms with Gasteiger partial charge in [-0.2, -0.15) is 0 Å². The summed E-state index contributed by atoms with van der Waals surface area (Å²) in [6.45, 7) is 4.63. The summed E-state index contributed by atoms with van der Waals surface area (Å²) in [5, 5.41) is 20.8. The van der Waals surface area contributed by atoms with E-state index < -0.39 is 15.9 Å². The molecule has 0 amide bonds. The van der Waals surface area contributed by atoms with E-state index in [1.165, 1.54) is 10.8 Å². The van der Waals surface area contributed by atoms with E-state index in [9.17, 15) is 13.5 Å². The van der Waals surface area contributed by atoms with Crippen molar-refractivity contribution in [3.63, 3.8) is 0 Å². The van der Waals surface area contributed by atoms with Crippen molar-refractivity contribution in [1.29, 1.82) is 0 Å². The molecule has 2 atom stereocenters. The van der Waals surface area contributed by atoms with Crippen molar-refractivity contribution in [2.24, 2.45) is 4.99 Å². The zero-order valence-corrected chi connectivity index (χ0v) is 18.7. The standard InChI is InChI=1S/C22H27N3O3S2/c1-3-23-22(24-14-20(26)15-30(27,28)21-9-6-12-29-21)25-16(2)18-11-10-17-7-4-5-8-19(17)13-18/h4-13,16,20,26H,3,14-15H2,1-2H3,(H2,23,24,25). The van der Waals surface area contributed by atoms with Crippen LogP contribution in [0.3, 0.4) is 0 Å². The number of fused-ring (bicyclic) bond motifs is 1. The molecule has 0 radical (unpaired) electrons. The highest BCUT2D eigenvalue weighted by Crippen LogP contribution is 2.20. The predicted molar refractivity (Wildman–Crippen MR) is 124 cm³/mol. The molecule has 3 rings (SSSR count). The van der Waals surface area contributed by atoms with Crippen LogP contribution in [0.25, 0.3) is 10.8 Å². The van der Waals surface area contributed by atoms with Crippen molar-refractivity contribution in [1.82, 2.24) is 10.6 Å². The number of thiophene rings is 1. The number of benzene rings is 2. The van der Waals surface area contributed by atoms with Gasteiger partial charge in [0.15, 0.2) is 15.8 Å². The molecule has 0 aliphatic rings. The first-order valence-electron chi connectivity index (χ1n) is 9.87. The molecule has 0 saturated carbocycles. The van der Waals surface area contributed by atoms with Crippen LogP contribution < -0.4 is 10.6 Å². The number of hydrogen-bond donors (Lipinski definition) is 3. The van der Waals surface area contributed by atoms with Gasteiger partial charge in [0.05, 0.1) is 24.4 Å². The number of sulfone groups is 1. The molecule has 0 fully saturated rings. The highest BCUT2D eigenvalue weighted by atomic mass is 32.2. The van der Waals surface area contributed by atoms with Crippen molar-refractivity contribution < 1.29 is 13.5 Å². The van der Waals surface area contributed by atoms with E-state index in [1.54, 1.807) is 17.5 Å². The summed E-state index contributed by atoms with van der Waals surface area (Å²) in [5.41, 5.74) is 1.11. The minimum absolute atomic E-state index is 0.00954. The number of rotatable bonds is 8. The number of guanidine groups is 1. The Kier molecular flexibility index (Phi) is 7.47. The molecule has 0 spiro atoms. The third-order valence-corrected chi connectivity index (χ3v) is 7.93. The van der Waals surface area contributed by atoms with Crippen LogP contribution in [0, 0.1) is 0 Å². The first-order valence-corrected chi connectivity index (χ1v) is 12.4. The first kappa shape index (κ1) is 22.3. The van der Waals surface area contributed by atoms with Gasteiger partial charge in [0.25, 0.3) is 0 Å². The van der Waals surface area contributed by atoms with Crippen molar-refractivity contribution in [2.45, 2.75) is 30.2 Å². The summed E-state index contributed by atoms with van der Waals surface area (Å²) >= 11 is 1.15. The minimum Gasteiger partial charge on any atom is -0.390 e. The molecule has 2 unspecified atom stereocenters. The molecular weight excluding hydrogens is 418 g/mol. The highest BCUT2D eigenvalue weighted by Gasteiger charge is 2.20. The van der Waals surface area contributed by atoms with Crippen LogP contribution >= 0.6 is 11.3 Å². The second-order valence-electron chi connectivity index (χ2n) is 7.06. The van der Waals surface area contributed by atoms with Gasteiger partial charge < -0.3 is 15.7 Å². The number of aliphatic hydroxyl groups excluding tert-OH is 1. The fraction of sp³-hybridized carbons (Fsp3) is 0.318. The Morgan fingerprint density at radius 1 is 1.13 bits per heavy atom. The van der Waals surface area contributed by atoms with E-state index in [2.05, 4.69) is 46.0 Å². The number of aliphatic imine (C=N–C) groups is 1. The zero-order chi connectivity index (χ0) is 21.6. The van der Waals surface area contributed by atoms with E-state index in [-0.39, 0.29) is 22.5 Å². The second kappa shape index (κ2) is 10.1. The molecule has 3 N–H and O–H groups in total. The van der Waals surface area contributed by atoms with Gasteiger partial charge in [-0.15, -0.1) is 11.3 Å². The lowest BCUT2D eigenvalue weighted by Gasteiger charge is -2.19. The molecule has 1 heterocycles. The molecule has 0 aliphatic heterocycles. The summed E-state index contributed by atoms with van der Waals surface area (Å²) in [7, 11) is -3.50. The Hall–Kier alpha value is -2.42. The van der Waals surface area contributed by atoms with E-state index in [4.69, 9.17) is 0 Å². The Bertz CT molecular complexity index is 1100. The topological polar surface area (TPSA) is 90.8 Å². The van der Waals surface area contributed by atoms with Crippen LogP contribution in [-0.4, -0.2) is 44.4 Å². The summed E-state index contributed by atoms with van der Waals surface area (Å²) in [6, 6.07) is 17.7.